The van der Waals surface area contributed by atoms with E-state index in [4.69, 9.17) is 4.74 Å². The maximum atomic E-state index is 13.0. The number of benzene rings is 1. The van der Waals surface area contributed by atoms with E-state index in [9.17, 15) is 13.2 Å². The van der Waals surface area contributed by atoms with Gasteiger partial charge in [-0.05, 0) is 42.7 Å². The van der Waals surface area contributed by atoms with Gasteiger partial charge in [0.15, 0.2) is 0 Å². The van der Waals surface area contributed by atoms with Gasteiger partial charge in [-0.3, -0.25) is 4.79 Å². The summed E-state index contributed by atoms with van der Waals surface area (Å²) in [4.78, 5) is 13.0. The fraction of sp³-hybridized carbons (Fsp3) is 0.476. The Bertz CT molecular complexity index is 923. The number of hydrogen-bond donors (Lipinski definition) is 1. The Kier molecular flexibility index (Phi) is 6.06. The van der Waals surface area contributed by atoms with Crippen LogP contribution in [0.3, 0.4) is 0 Å². The molecule has 2 saturated heterocycles. The van der Waals surface area contributed by atoms with E-state index in [1.165, 1.54) is 21.2 Å². The molecule has 2 aliphatic heterocycles. The number of carbonyl (C=O) groups is 1. The summed E-state index contributed by atoms with van der Waals surface area (Å²) in [5.74, 6) is -0.204. The lowest BCUT2D eigenvalue weighted by Crippen LogP contribution is -2.50. The van der Waals surface area contributed by atoms with Gasteiger partial charge in [0, 0.05) is 31.7 Å². The molecule has 1 amide bonds. The highest BCUT2D eigenvalue weighted by atomic mass is 32.2. The number of thiophene rings is 1. The van der Waals surface area contributed by atoms with Gasteiger partial charge < -0.3 is 10.1 Å². The molecule has 2 fully saturated rings. The number of rotatable bonds is 6. The van der Waals surface area contributed by atoms with Crippen LogP contribution in [0.4, 0.5) is 0 Å². The maximum Gasteiger partial charge on any atom is 0.253 e. The molecular weight excluding hydrogens is 408 g/mol. The summed E-state index contributed by atoms with van der Waals surface area (Å²) in [7, 11) is -3.63. The number of nitrogens with zero attached hydrogens (tertiary/aromatic N) is 1. The Morgan fingerprint density at radius 3 is 2.62 bits per heavy atom. The highest BCUT2D eigenvalue weighted by molar-refractivity contribution is 7.91. The molecule has 0 saturated carbocycles. The molecule has 1 aromatic carbocycles. The number of sulfonamides is 1. The molecule has 1 unspecified atom stereocenters. The number of ether oxygens (including phenoxy) is 1. The van der Waals surface area contributed by atoms with Crippen molar-refractivity contribution in [3.63, 3.8) is 0 Å². The Labute approximate surface area is 175 Å². The molecule has 3 heterocycles. The summed E-state index contributed by atoms with van der Waals surface area (Å²) in [6, 6.07) is 12.9. The standard InChI is InChI=1S/C21H26N2O4S2/c24-20(18-8-4-12-23(18)29(25,26)19-9-5-15-28-19)22-16-21(10-13-27-14-11-21)17-6-2-1-3-7-17/h1-3,5-7,9,15,18H,4,8,10-14,16H2,(H,22,24). The lowest BCUT2D eigenvalue weighted by molar-refractivity contribution is -0.124. The van der Waals surface area contributed by atoms with Gasteiger partial charge in [0.1, 0.15) is 10.3 Å². The highest BCUT2D eigenvalue weighted by Crippen LogP contribution is 2.34. The molecule has 4 rings (SSSR count). The smallest absolute Gasteiger partial charge is 0.253 e. The van der Waals surface area contributed by atoms with Crippen molar-refractivity contribution in [3.05, 3.63) is 53.4 Å². The minimum absolute atomic E-state index is 0.175. The monoisotopic (exact) mass is 434 g/mol. The summed E-state index contributed by atoms with van der Waals surface area (Å²) >= 11 is 1.19. The lowest BCUT2D eigenvalue weighted by atomic mass is 9.74. The van der Waals surface area contributed by atoms with Crippen LogP contribution in [0.15, 0.2) is 52.1 Å². The summed E-state index contributed by atoms with van der Waals surface area (Å²) in [6.07, 6.45) is 2.91. The van der Waals surface area contributed by atoms with Crippen molar-refractivity contribution < 1.29 is 17.9 Å². The first kappa shape index (κ1) is 20.5. The maximum absolute atomic E-state index is 13.0. The molecule has 0 bridgehead atoms. The topological polar surface area (TPSA) is 75.7 Å². The van der Waals surface area contributed by atoms with Crippen LogP contribution in [0.2, 0.25) is 0 Å². The third-order valence-electron chi connectivity index (χ3n) is 6.00. The normalized spacial score (nSPS) is 22.4. The first-order valence-electron chi connectivity index (χ1n) is 9.99. The predicted molar refractivity (Wildman–Crippen MR) is 112 cm³/mol. The van der Waals surface area contributed by atoms with E-state index in [2.05, 4.69) is 17.4 Å². The van der Waals surface area contributed by atoms with Crippen LogP contribution in [0, 0.1) is 0 Å². The van der Waals surface area contributed by atoms with Gasteiger partial charge in [0.05, 0.1) is 0 Å². The van der Waals surface area contributed by atoms with Gasteiger partial charge in [-0.15, -0.1) is 11.3 Å². The second kappa shape index (κ2) is 8.55. The van der Waals surface area contributed by atoms with Crippen molar-refractivity contribution >= 4 is 27.3 Å². The fourth-order valence-electron chi connectivity index (χ4n) is 4.31. The van der Waals surface area contributed by atoms with Crippen molar-refractivity contribution in [1.29, 1.82) is 0 Å². The molecule has 2 aromatic rings. The molecule has 0 radical (unpaired) electrons. The van der Waals surface area contributed by atoms with E-state index in [1.807, 2.05) is 18.2 Å². The van der Waals surface area contributed by atoms with Crippen LogP contribution < -0.4 is 5.32 Å². The van der Waals surface area contributed by atoms with E-state index in [1.54, 1.807) is 17.5 Å². The molecule has 0 spiro atoms. The molecule has 8 heteroatoms. The van der Waals surface area contributed by atoms with E-state index < -0.39 is 16.1 Å². The Balaban J connectivity index is 1.49. The van der Waals surface area contributed by atoms with Crippen molar-refractivity contribution in [2.75, 3.05) is 26.3 Å². The van der Waals surface area contributed by atoms with Crippen molar-refractivity contribution in [2.24, 2.45) is 0 Å². The van der Waals surface area contributed by atoms with Crippen LogP contribution in [0.25, 0.3) is 0 Å². The van der Waals surface area contributed by atoms with Gasteiger partial charge in [-0.2, -0.15) is 4.31 Å². The number of amides is 1. The lowest BCUT2D eigenvalue weighted by Gasteiger charge is -2.38. The van der Waals surface area contributed by atoms with Crippen LogP contribution >= 0.6 is 11.3 Å². The number of nitrogens with one attached hydrogen (secondary N) is 1. The number of carbonyl (C=O) groups excluding carboxylic acids is 1. The van der Waals surface area contributed by atoms with E-state index >= 15 is 0 Å². The van der Waals surface area contributed by atoms with Gasteiger partial charge in [0.2, 0.25) is 5.91 Å². The Morgan fingerprint density at radius 2 is 1.93 bits per heavy atom. The van der Waals surface area contributed by atoms with Gasteiger partial charge >= 0.3 is 0 Å². The van der Waals surface area contributed by atoms with Crippen LogP contribution in [0.1, 0.15) is 31.2 Å². The van der Waals surface area contributed by atoms with Crippen LogP contribution in [-0.2, 0) is 25.0 Å². The van der Waals surface area contributed by atoms with Crippen molar-refractivity contribution in [3.8, 4) is 0 Å². The SMILES string of the molecule is O=C(NCC1(c2ccccc2)CCOCC1)C1CCCN1S(=O)(=O)c1cccs1. The summed E-state index contributed by atoms with van der Waals surface area (Å²) in [6.45, 7) is 2.19. The molecule has 1 atom stereocenters. The Morgan fingerprint density at radius 1 is 1.17 bits per heavy atom. The summed E-state index contributed by atoms with van der Waals surface area (Å²) in [5.41, 5.74) is 1.02. The fourth-order valence-corrected chi connectivity index (χ4v) is 7.09. The van der Waals surface area contributed by atoms with E-state index in [0.717, 1.165) is 12.8 Å². The Hall–Kier alpha value is -1.74. The van der Waals surface area contributed by atoms with Gasteiger partial charge in [-0.1, -0.05) is 36.4 Å². The largest absolute Gasteiger partial charge is 0.381 e. The quantitative estimate of drug-likeness (QED) is 0.759. The first-order valence-corrected chi connectivity index (χ1v) is 12.3. The van der Waals surface area contributed by atoms with Crippen LogP contribution in [-0.4, -0.2) is 51.0 Å². The zero-order valence-electron chi connectivity index (χ0n) is 16.2. The molecule has 0 aliphatic carbocycles. The average Bonchev–Trinajstić information content (AvgIpc) is 3.46. The molecule has 6 nitrogen and oxygen atoms in total. The molecule has 1 N–H and O–H groups in total. The minimum atomic E-state index is -3.63. The predicted octanol–water partition coefficient (Wildman–Crippen LogP) is 2.77. The second-order valence-electron chi connectivity index (χ2n) is 7.68. The average molecular weight is 435 g/mol. The summed E-state index contributed by atoms with van der Waals surface area (Å²) < 4.78 is 33.1. The first-order chi connectivity index (χ1) is 14.0. The van der Waals surface area contributed by atoms with E-state index in [-0.39, 0.29) is 11.3 Å². The molecule has 2 aliphatic rings. The third-order valence-corrected chi connectivity index (χ3v) is 9.28. The molecule has 1 aromatic heterocycles. The number of hydrogen-bond acceptors (Lipinski definition) is 5. The van der Waals surface area contributed by atoms with Crippen molar-refractivity contribution in [2.45, 2.75) is 41.3 Å². The summed E-state index contributed by atoms with van der Waals surface area (Å²) in [5, 5.41) is 4.83. The van der Waals surface area contributed by atoms with E-state index in [0.29, 0.717) is 43.4 Å². The minimum Gasteiger partial charge on any atom is -0.381 e. The van der Waals surface area contributed by atoms with Gasteiger partial charge in [-0.25, -0.2) is 8.42 Å². The molecular formula is C21H26N2O4S2. The molecule has 29 heavy (non-hydrogen) atoms. The third kappa shape index (κ3) is 4.12. The highest BCUT2D eigenvalue weighted by Gasteiger charge is 2.41. The molecule has 156 valence electrons. The second-order valence-corrected chi connectivity index (χ2v) is 10.7. The zero-order chi connectivity index (χ0) is 20.3. The van der Waals surface area contributed by atoms with Crippen molar-refractivity contribution in [1.82, 2.24) is 9.62 Å². The van der Waals surface area contributed by atoms with Crippen LogP contribution in [0.5, 0.6) is 0 Å². The van der Waals surface area contributed by atoms with Gasteiger partial charge in [0.25, 0.3) is 10.0 Å². The zero-order valence-corrected chi connectivity index (χ0v) is 17.9.